The molecule has 0 aromatic heterocycles. The zero-order valence-corrected chi connectivity index (χ0v) is 18.4. The summed E-state index contributed by atoms with van der Waals surface area (Å²) in [7, 11) is 0. The van der Waals surface area contributed by atoms with Gasteiger partial charge < -0.3 is 4.90 Å². The van der Waals surface area contributed by atoms with E-state index in [-0.39, 0.29) is 40.6 Å². The molecule has 1 aliphatic heterocycles. The van der Waals surface area contributed by atoms with Crippen LogP contribution in [0.25, 0.3) is 0 Å². The maximum atomic E-state index is 13.5. The van der Waals surface area contributed by atoms with Gasteiger partial charge in [0.25, 0.3) is 0 Å². The van der Waals surface area contributed by atoms with Crippen LogP contribution in [0.15, 0.2) is 36.0 Å². The summed E-state index contributed by atoms with van der Waals surface area (Å²) in [5.74, 6) is 1.01. The summed E-state index contributed by atoms with van der Waals surface area (Å²) in [5, 5.41) is 0.676. The molecule has 0 radical (unpaired) electrons. The molecule has 3 fully saturated rings. The Bertz CT molecular complexity index is 967. The highest BCUT2D eigenvalue weighted by Crippen LogP contribution is 2.62. The fourth-order valence-electron chi connectivity index (χ4n) is 7.01. The second kappa shape index (κ2) is 6.78. The van der Waals surface area contributed by atoms with E-state index < -0.39 is 5.41 Å². The third-order valence-electron chi connectivity index (χ3n) is 8.53. The second-order valence-corrected chi connectivity index (χ2v) is 10.6. The minimum absolute atomic E-state index is 0.0951. The smallest absolute Gasteiger partial charge is 0.227 e. The number of likely N-dealkylation sites (tertiary alicyclic amines) is 1. The zero-order chi connectivity index (χ0) is 21.3. The number of piperidine rings is 1. The molecule has 4 aliphatic rings. The normalized spacial score (nSPS) is 38.1. The molecule has 2 unspecified atom stereocenters. The lowest BCUT2D eigenvalue weighted by Crippen LogP contribution is -2.57. The molecular formula is C25H28ClNO3. The number of fused-ring (bicyclic) bond motifs is 5. The topological polar surface area (TPSA) is 54.5 Å². The number of amides is 1. The molecule has 1 aromatic carbocycles. The van der Waals surface area contributed by atoms with Gasteiger partial charge in [-0.25, -0.2) is 0 Å². The Hall–Kier alpha value is -1.94. The summed E-state index contributed by atoms with van der Waals surface area (Å²) < 4.78 is 0. The Morgan fingerprint density at radius 1 is 1.07 bits per heavy atom. The number of benzene rings is 1. The SMILES string of the molecule is CC12CC(=O)[C@H]3[C@@H](CC=C4N(Cc5ccc(Cl)cc5)C(=O)CCC43C)[C@@H]1CCC2=O. The first-order chi connectivity index (χ1) is 14.2. The molecule has 2 saturated carbocycles. The van der Waals surface area contributed by atoms with E-state index >= 15 is 0 Å². The van der Waals surface area contributed by atoms with E-state index in [1.807, 2.05) is 36.1 Å². The number of rotatable bonds is 2. The number of carbonyl (C=O) groups is 3. The van der Waals surface area contributed by atoms with Crippen molar-refractivity contribution >= 4 is 29.1 Å². The van der Waals surface area contributed by atoms with Crippen LogP contribution in [0.3, 0.4) is 0 Å². The molecule has 5 atom stereocenters. The molecule has 30 heavy (non-hydrogen) atoms. The fraction of sp³-hybridized carbons (Fsp3) is 0.560. The first-order valence-electron chi connectivity index (χ1n) is 11.1. The predicted octanol–water partition coefficient (Wildman–Crippen LogP) is 4.95. The van der Waals surface area contributed by atoms with Gasteiger partial charge in [-0.1, -0.05) is 43.7 Å². The Balaban J connectivity index is 1.52. The van der Waals surface area contributed by atoms with Crippen LogP contribution in [0.4, 0.5) is 0 Å². The number of hydrogen-bond acceptors (Lipinski definition) is 3. The molecule has 3 aliphatic carbocycles. The van der Waals surface area contributed by atoms with Crippen molar-refractivity contribution in [3.05, 3.63) is 46.6 Å². The van der Waals surface area contributed by atoms with Crippen LogP contribution in [-0.2, 0) is 20.9 Å². The van der Waals surface area contributed by atoms with Crippen LogP contribution < -0.4 is 0 Å². The number of ketones is 2. The maximum absolute atomic E-state index is 13.5. The van der Waals surface area contributed by atoms with Crippen molar-refractivity contribution in [2.45, 2.75) is 58.9 Å². The molecular weight excluding hydrogens is 398 g/mol. The van der Waals surface area contributed by atoms with Gasteiger partial charge in [0.2, 0.25) is 5.91 Å². The number of nitrogens with zero attached hydrogens (tertiary/aromatic N) is 1. The minimum atomic E-state index is -0.479. The van der Waals surface area contributed by atoms with Crippen LogP contribution in [0.1, 0.15) is 57.9 Å². The van der Waals surface area contributed by atoms with Gasteiger partial charge in [0.05, 0.1) is 6.54 Å². The quantitative estimate of drug-likeness (QED) is 0.673. The lowest BCUT2D eigenvalue weighted by Gasteiger charge is -2.56. The maximum Gasteiger partial charge on any atom is 0.227 e. The van der Waals surface area contributed by atoms with Crippen molar-refractivity contribution in [3.8, 4) is 0 Å². The average molecular weight is 426 g/mol. The van der Waals surface area contributed by atoms with E-state index in [0.29, 0.717) is 37.3 Å². The first kappa shape index (κ1) is 20.0. The van der Waals surface area contributed by atoms with Gasteiger partial charge in [0.15, 0.2) is 0 Å². The summed E-state index contributed by atoms with van der Waals surface area (Å²) >= 11 is 6.02. The minimum Gasteiger partial charge on any atom is -0.312 e. The Morgan fingerprint density at radius 2 is 1.80 bits per heavy atom. The van der Waals surface area contributed by atoms with Gasteiger partial charge in [0, 0.05) is 46.7 Å². The standard InChI is InChI=1S/C25H28ClNO3/c1-24-12-11-22(30)27(14-15-3-5-16(26)6-4-15)20(24)9-7-17-18-8-10-21(29)25(18,2)13-19(28)23(17)24/h3-6,9,17-18,23H,7-8,10-14H2,1-2H3/t17-,18-,23+,24?,25?/m0/s1. The Labute approximate surface area is 182 Å². The number of allylic oxidation sites excluding steroid dienone is 2. The molecule has 5 rings (SSSR count). The van der Waals surface area contributed by atoms with Crippen LogP contribution in [0.5, 0.6) is 0 Å². The Kier molecular flexibility index (Phi) is 4.52. The number of hydrogen-bond donors (Lipinski definition) is 0. The van der Waals surface area contributed by atoms with Crippen molar-refractivity contribution in [1.82, 2.24) is 4.90 Å². The molecule has 0 bridgehead atoms. The summed E-state index contributed by atoms with van der Waals surface area (Å²) in [6, 6.07) is 7.60. The fourth-order valence-corrected chi connectivity index (χ4v) is 7.13. The largest absolute Gasteiger partial charge is 0.312 e. The molecule has 0 spiro atoms. The molecule has 1 heterocycles. The third-order valence-corrected chi connectivity index (χ3v) is 8.78. The first-order valence-corrected chi connectivity index (χ1v) is 11.4. The van der Waals surface area contributed by atoms with E-state index in [2.05, 4.69) is 13.0 Å². The van der Waals surface area contributed by atoms with E-state index in [1.165, 1.54) is 0 Å². The monoisotopic (exact) mass is 425 g/mol. The summed E-state index contributed by atoms with van der Waals surface area (Å²) in [5.41, 5.74) is 1.22. The summed E-state index contributed by atoms with van der Waals surface area (Å²) in [6.45, 7) is 4.69. The second-order valence-electron chi connectivity index (χ2n) is 10.1. The lowest BCUT2D eigenvalue weighted by molar-refractivity contribution is -0.152. The molecule has 5 heteroatoms. The van der Waals surface area contributed by atoms with Crippen molar-refractivity contribution in [1.29, 1.82) is 0 Å². The zero-order valence-electron chi connectivity index (χ0n) is 17.6. The van der Waals surface area contributed by atoms with Crippen LogP contribution in [0.2, 0.25) is 5.02 Å². The van der Waals surface area contributed by atoms with E-state index in [1.54, 1.807) is 0 Å². The predicted molar refractivity (Wildman–Crippen MR) is 114 cm³/mol. The molecule has 1 aromatic rings. The van der Waals surface area contributed by atoms with Crippen LogP contribution >= 0.6 is 11.6 Å². The van der Waals surface area contributed by atoms with Gasteiger partial charge in [-0.3, -0.25) is 14.4 Å². The number of halogens is 1. The van der Waals surface area contributed by atoms with Crippen molar-refractivity contribution in [3.63, 3.8) is 0 Å². The van der Waals surface area contributed by atoms with Crippen molar-refractivity contribution in [2.24, 2.45) is 28.6 Å². The van der Waals surface area contributed by atoms with Crippen LogP contribution in [0, 0.1) is 28.6 Å². The highest BCUT2D eigenvalue weighted by Gasteiger charge is 2.62. The van der Waals surface area contributed by atoms with Gasteiger partial charge in [-0.15, -0.1) is 0 Å². The lowest BCUT2D eigenvalue weighted by atomic mass is 9.49. The van der Waals surface area contributed by atoms with Gasteiger partial charge in [-0.2, -0.15) is 0 Å². The molecule has 4 nitrogen and oxygen atoms in total. The molecule has 0 N–H and O–H groups in total. The highest BCUT2D eigenvalue weighted by molar-refractivity contribution is 6.30. The molecule has 158 valence electrons. The molecule has 1 amide bonds. The molecule has 1 saturated heterocycles. The van der Waals surface area contributed by atoms with Gasteiger partial charge in [-0.05, 0) is 48.8 Å². The van der Waals surface area contributed by atoms with Crippen molar-refractivity contribution in [2.75, 3.05) is 0 Å². The van der Waals surface area contributed by atoms with Crippen LogP contribution in [-0.4, -0.2) is 22.4 Å². The van der Waals surface area contributed by atoms with Gasteiger partial charge in [0.1, 0.15) is 11.6 Å². The van der Waals surface area contributed by atoms with E-state index in [9.17, 15) is 14.4 Å². The average Bonchev–Trinajstić information content (AvgIpc) is 3.00. The summed E-state index contributed by atoms with van der Waals surface area (Å²) in [4.78, 5) is 40.9. The van der Waals surface area contributed by atoms with Crippen molar-refractivity contribution < 1.29 is 14.4 Å². The van der Waals surface area contributed by atoms with Gasteiger partial charge >= 0.3 is 0 Å². The number of Topliss-reactive ketones (excluding diaryl/α,β-unsaturated/α-hetero) is 2. The van der Waals surface area contributed by atoms with E-state index in [0.717, 1.165) is 24.1 Å². The number of carbonyl (C=O) groups excluding carboxylic acids is 3. The third kappa shape index (κ3) is 2.76. The summed E-state index contributed by atoms with van der Waals surface area (Å²) in [6.07, 6.45) is 6.02. The van der Waals surface area contributed by atoms with E-state index in [4.69, 9.17) is 11.6 Å². The Morgan fingerprint density at radius 3 is 2.53 bits per heavy atom. The highest BCUT2D eigenvalue weighted by atomic mass is 35.5.